The molecule has 1 aromatic carbocycles. The number of hydrazone groups is 1. The highest BCUT2D eigenvalue weighted by atomic mass is 32.1. The van der Waals surface area contributed by atoms with Gasteiger partial charge in [0.1, 0.15) is 5.82 Å². The summed E-state index contributed by atoms with van der Waals surface area (Å²) in [4.78, 5) is 3.85. The van der Waals surface area contributed by atoms with Gasteiger partial charge in [0.05, 0.1) is 17.8 Å². The Hall–Kier alpha value is -2.10. The maximum absolute atomic E-state index is 14.9. The van der Waals surface area contributed by atoms with Crippen molar-refractivity contribution in [1.29, 1.82) is 0 Å². The van der Waals surface area contributed by atoms with Crippen LogP contribution >= 0.6 is 12.2 Å². The molecule has 0 spiro atoms. The van der Waals surface area contributed by atoms with Gasteiger partial charge in [-0.1, -0.05) is 6.92 Å². The summed E-state index contributed by atoms with van der Waals surface area (Å²) >= 11 is 4.72. The number of piperidine rings is 1. The highest BCUT2D eigenvalue weighted by molar-refractivity contribution is 7.80. The molecule has 2 heterocycles. The van der Waals surface area contributed by atoms with Crippen LogP contribution in [0.5, 0.6) is 0 Å². The molecule has 1 atom stereocenters. The van der Waals surface area contributed by atoms with Crippen molar-refractivity contribution in [2.24, 2.45) is 22.7 Å². The lowest BCUT2D eigenvalue weighted by Crippen LogP contribution is -2.39. The van der Waals surface area contributed by atoms with E-state index in [2.05, 4.69) is 22.4 Å². The lowest BCUT2D eigenvalue weighted by atomic mass is 9.95. The number of benzene rings is 1. The molecule has 2 aliphatic heterocycles. The van der Waals surface area contributed by atoms with Gasteiger partial charge in [-0.05, 0) is 49.5 Å². The van der Waals surface area contributed by atoms with Crippen molar-refractivity contribution in [3.05, 3.63) is 23.5 Å². The second-order valence-electron chi connectivity index (χ2n) is 7.74. The Balaban J connectivity index is 1.87. The zero-order chi connectivity index (χ0) is 21.2. The predicted octanol–water partition coefficient (Wildman–Crippen LogP) is 3.62. The average molecular weight is 432 g/mol. The first-order valence-corrected chi connectivity index (χ1v) is 10.0. The van der Waals surface area contributed by atoms with Crippen LogP contribution in [0.3, 0.4) is 0 Å². The minimum Gasteiger partial charge on any atom is -0.375 e. The number of halogens is 4. The summed E-state index contributed by atoms with van der Waals surface area (Å²) in [6.45, 7) is 4.14. The van der Waals surface area contributed by atoms with Gasteiger partial charge in [-0.15, -0.1) is 0 Å². The molecule has 0 amide bonds. The number of hydrogen-bond donors (Lipinski definition) is 2. The smallest absolute Gasteiger partial charge is 0.375 e. The van der Waals surface area contributed by atoms with Crippen LogP contribution in [0.4, 0.5) is 28.9 Å². The molecule has 160 valence electrons. The molecule has 0 bridgehead atoms. The van der Waals surface area contributed by atoms with E-state index in [0.29, 0.717) is 17.2 Å². The van der Waals surface area contributed by atoms with Crippen LogP contribution in [0.1, 0.15) is 31.7 Å². The third-order valence-corrected chi connectivity index (χ3v) is 5.63. The number of thiocarbonyl (C=S) groups is 1. The fourth-order valence-electron chi connectivity index (χ4n) is 3.95. The van der Waals surface area contributed by atoms with Gasteiger partial charge in [0, 0.05) is 37.4 Å². The molecule has 2 aliphatic rings. The SMILES string of the molecule is C[C@@H]1CCN(c2cc(N3CCC(C(F)(F)F)CC3)c(F)cc2/C=N/NC(N)=S)C1. The molecule has 29 heavy (non-hydrogen) atoms. The number of anilines is 2. The standard InChI is InChI=1S/C19H25F4N5S/c1-12-2-5-28(11-12)16-9-17(15(20)8-13(16)10-25-26-18(24)29)27-6-3-14(4-7-27)19(21,22)23/h8-10,12,14H,2-7,11H2,1H3,(H3,24,26,29)/b25-10+/t12-/m1/s1. The van der Waals surface area contributed by atoms with Gasteiger partial charge in [0.2, 0.25) is 0 Å². The molecular formula is C19H25F4N5S. The van der Waals surface area contributed by atoms with Crippen molar-refractivity contribution in [2.45, 2.75) is 32.4 Å². The number of rotatable bonds is 4. The van der Waals surface area contributed by atoms with Crippen molar-refractivity contribution in [2.75, 3.05) is 36.0 Å². The minimum atomic E-state index is -4.20. The van der Waals surface area contributed by atoms with Crippen molar-refractivity contribution in [3.63, 3.8) is 0 Å². The maximum atomic E-state index is 14.9. The van der Waals surface area contributed by atoms with E-state index in [-0.39, 0.29) is 31.0 Å². The molecule has 5 nitrogen and oxygen atoms in total. The maximum Gasteiger partial charge on any atom is 0.391 e. The second kappa shape index (κ2) is 8.73. The molecule has 1 aromatic rings. The van der Waals surface area contributed by atoms with E-state index in [9.17, 15) is 17.6 Å². The molecule has 0 radical (unpaired) electrons. The van der Waals surface area contributed by atoms with E-state index in [1.165, 1.54) is 12.3 Å². The Morgan fingerprint density at radius 3 is 2.38 bits per heavy atom. The van der Waals surface area contributed by atoms with Crippen molar-refractivity contribution in [3.8, 4) is 0 Å². The summed E-state index contributed by atoms with van der Waals surface area (Å²) in [5.41, 5.74) is 9.52. The summed E-state index contributed by atoms with van der Waals surface area (Å²) in [7, 11) is 0. The number of nitrogens with one attached hydrogen (secondary N) is 1. The van der Waals surface area contributed by atoms with Crippen LogP contribution in [-0.4, -0.2) is 43.7 Å². The van der Waals surface area contributed by atoms with Gasteiger partial charge in [0.25, 0.3) is 0 Å². The molecule has 0 aliphatic carbocycles. The van der Waals surface area contributed by atoms with Gasteiger partial charge in [-0.2, -0.15) is 18.3 Å². The molecule has 3 N–H and O–H groups in total. The third-order valence-electron chi connectivity index (χ3n) is 5.54. The van der Waals surface area contributed by atoms with Gasteiger partial charge in [-0.25, -0.2) is 4.39 Å². The second-order valence-corrected chi connectivity index (χ2v) is 8.18. The lowest BCUT2D eigenvalue weighted by Gasteiger charge is -2.35. The molecular weight excluding hydrogens is 406 g/mol. The van der Waals surface area contributed by atoms with Gasteiger partial charge >= 0.3 is 6.18 Å². The highest BCUT2D eigenvalue weighted by Gasteiger charge is 2.41. The topological polar surface area (TPSA) is 56.9 Å². The van der Waals surface area contributed by atoms with Crippen LogP contribution < -0.4 is 21.0 Å². The minimum absolute atomic E-state index is 0.00206. The Morgan fingerprint density at radius 1 is 1.17 bits per heavy atom. The summed E-state index contributed by atoms with van der Waals surface area (Å²) in [6.07, 6.45) is -1.77. The summed E-state index contributed by atoms with van der Waals surface area (Å²) in [5, 5.41) is 3.94. The first kappa shape index (κ1) is 21.6. The first-order valence-electron chi connectivity index (χ1n) is 9.64. The molecule has 0 aromatic heterocycles. The number of nitrogens with zero attached hydrogens (tertiary/aromatic N) is 3. The monoisotopic (exact) mass is 431 g/mol. The van der Waals surface area contributed by atoms with Crippen LogP contribution in [0.2, 0.25) is 0 Å². The van der Waals surface area contributed by atoms with E-state index < -0.39 is 17.9 Å². The fraction of sp³-hybridized carbons (Fsp3) is 0.579. The van der Waals surface area contributed by atoms with Crippen LogP contribution in [-0.2, 0) is 0 Å². The van der Waals surface area contributed by atoms with Crippen molar-refractivity contribution < 1.29 is 17.6 Å². The zero-order valence-electron chi connectivity index (χ0n) is 16.2. The average Bonchev–Trinajstić information content (AvgIpc) is 3.07. The van der Waals surface area contributed by atoms with Crippen LogP contribution in [0.25, 0.3) is 0 Å². The van der Waals surface area contributed by atoms with Crippen LogP contribution in [0, 0.1) is 17.7 Å². The number of hydrogen-bond acceptors (Lipinski definition) is 4. The normalized spacial score (nSPS) is 21.2. The van der Waals surface area contributed by atoms with Gasteiger partial charge in [0.15, 0.2) is 5.11 Å². The Labute approximate surface area is 172 Å². The summed E-state index contributed by atoms with van der Waals surface area (Å²) < 4.78 is 53.7. The molecule has 2 saturated heterocycles. The Kier molecular flexibility index (Phi) is 6.50. The zero-order valence-corrected chi connectivity index (χ0v) is 17.0. The third kappa shape index (κ3) is 5.29. The Bertz CT molecular complexity index is 775. The molecule has 10 heteroatoms. The van der Waals surface area contributed by atoms with E-state index in [1.54, 1.807) is 11.0 Å². The van der Waals surface area contributed by atoms with Crippen molar-refractivity contribution in [1.82, 2.24) is 5.43 Å². The number of alkyl halides is 3. The molecule has 2 fully saturated rings. The quantitative estimate of drug-likeness (QED) is 0.330. The summed E-state index contributed by atoms with van der Waals surface area (Å²) in [6, 6.07) is 3.09. The van der Waals surface area contributed by atoms with E-state index in [4.69, 9.17) is 18.0 Å². The highest BCUT2D eigenvalue weighted by Crippen LogP contribution is 2.38. The van der Waals surface area contributed by atoms with E-state index in [0.717, 1.165) is 25.2 Å². The first-order chi connectivity index (χ1) is 13.6. The molecule has 3 rings (SSSR count). The lowest BCUT2D eigenvalue weighted by molar-refractivity contribution is -0.179. The van der Waals surface area contributed by atoms with Gasteiger partial charge < -0.3 is 15.5 Å². The van der Waals surface area contributed by atoms with E-state index in [1.807, 2.05) is 0 Å². The van der Waals surface area contributed by atoms with Gasteiger partial charge in [-0.3, -0.25) is 5.43 Å². The molecule has 0 saturated carbocycles. The molecule has 0 unspecified atom stereocenters. The number of nitrogens with two attached hydrogens (primary N) is 1. The fourth-order valence-corrected chi connectivity index (χ4v) is 4.01. The predicted molar refractivity (Wildman–Crippen MR) is 111 cm³/mol. The largest absolute Gasteiger partial charge is 0.391 e. The van der Waals surface area contributed by atoms with Crippen LogP contribution in [0.15, 0.2) is 17.2 Å². The Morgan fingerprint density at radius 2 is 1.83 bits per heavy atom. The van der Waals surface area contributed by atoms with E-state index >= 15 is 0 Å². The van der Waals surface area contributed by atoms with Crippen molar-refractivity contribution >= 4 is 34.9 Å². The summed E-state index contributed by atoms with van der Waals surface area (Å²) in [5.74, 6) is -1.30.